The Morgan fingerprint density at radius 3 is 1.44 bits per heavy atom. The van der Waals surface area contributed by atoms with Gasteiger partial charge in [-0.15, -0.1) is 0 Å². The largest absolute Gasteiger partial charge is 0.376 e. The Bertz CT molecular complexity index is 901. The van der Waals surface area contributed by atoms with Crippen LogP contribution in [0.25, 0.3) is 0 Å². The fourth-order valence-electron chi connectivity index (χ4n) is 4.81. The van der Waals surface area contributed by atoms with E-state index in [0.717, 1.165) is 16.7 Å². The van der Waals surface area contributed by atoms with Crippen molar-refractivity contribution in [3.63, 3.8) is 0 Å². The van der Waals surface area contributed by atoms with Gasteiger partial charge in [0.2, 0.25) is 0 Å². The molecular weight excluding hydrogens is 432 g/mol. The molecule has 6 nitrogen and oxygen atoms in total. The SMILES string of the molecule is CO[C@@H]1[C@H](OC)[C@@H](O)O[C@H](COC(c2ccccc2)(c2ccccc2)c2ccccc2)[C@H]1OC. The van der Waals surface area contributed by atoms with Crippen molar-refractivity contribution in [2.75, 3.05) is 27.9 Å². The molecule has 1 N–H and O–H groups in total. The summed E-state index contributed by atoms with van der Waals surface area (Å²) >= 11 is 0. The summed E-state index contributed by atoms with van der Waals surface area (Å²) in [5.74, 6) is 0. The van der Waals surface area contributed by atoms with E-state index in [2.05, 4.69) is 36.4 Å². The Labute approximate surface area is 201 Å². The van der Waals surface area contributed by atoms with E-state index in [-0.39, 0.29) is 6.61 Å². The Hall–Kier alpha value is -2.58. The molecule has 1 fully saturated rings. The predicted octanol–water partition coefficient (Wildman–Crippen LogP) is 3.76. The molecule has 5 atom stereocenters. The zero-order valence-corrected chi connectivity index (χ0v) is 19.7. The molecule has 3 aromatic carbocycles. The second-order valence-electron chi connectivity index (χ2n) is 8.26. The van der Waals surface area contributed by atoms with Crippen molar-refractivity contribution >= 4 is 0 Å². The van der Waals surface area contributed by atoms with E-state index in [4.69, 9.17) is 23.7 Å². The quantitative estimate of drug-likeness (QED) is 0.487. The lowest BCUT2D eigenvalue weighted by Gasteiger charge is -2.44. The van der Waals surface area contributed by atoms with Gasteiger partial charge >= 0.3 is 0 Å². The first-order valence-electron chi connectivity index (χ1n) is 11.4. The maximum absolute atomic E-state index is 10.6. The number of aliphatic hydroxyl groups excluding tert-OH is 1. The molecule has 3 aromatic rings. The monoisotopic (exact) mass is 464 g/mol. The first-order chi connectivity index (χ1) is 16.7. The van der Waals surface area contributed by atoms with Gasteiger partial charge < -0.3 is 28.8 Å². The Morgan fingerprint density at radius 1 is 0.647 bits per heavy atom. The third-order valence-electron chi connectivity index (χ3n) is 6.43. The number of aliphatic hydroxyl groups is 1. The summed E-state index contributed by atoms with van der Waals surface area (Å²) in [5, 5.41) is 10.6. The molecular formula is C28H32O6. The molecule has 0 spiro atoms. The molecule has 1 saturated heterocycles. The minimum Gasteiger partial charge on any atom is -0.376 e. The lowest BCUT2D eigenvalue weighted by Crippen LogP contribution is -2.61. The molecule has 4 rings (SSSR count). The molecule has 180 valence electrons. The van der Waals surface area contributed by atoms with Crippen molar-refractivity contribution < 1.29 is 28.8 Å². The lowest BCUT2D eigenvalue weighted by atomic mass is 9.80. The van der Waals surface area contributed by atoms with Crippen LogP contribution in [-0.4, -0.2) is 63.7 Å². The van der Waals surface area contributed by atoms with Crippen LogP contribution < -0.4 is 0 Å². The van der Waals surface area contributed by atoms with Gasteiger partial charge in [-0.25, -0.2) is 0 Å². The van der Waals surface area contributed by atoms with Crippen molar-refractivity contribution in [2.45, 2.75) is 36.3 Å². The highest BCUT2D eigenvalue weighted by molar-refractivity contribution is 5.47. The number of hydrogen-bond acceptors (Lipinski definition) is 6. The molecule has 34 heavy (non-hydrogen) atoms. The molecule has 0 aliphatic carbocycles. The fraction of sp³-hybridized carbons (Fsp3) is 0.357. The highest BCUT2D eigenvalue weighted by atomic mass is 16.7. The fourth-order valence-corrected chi connectivity index (χ4v) is 4.81. The van der Waals surface area contributed by atoms with E-state index in [0.29, 0.717) is 0 Å². The third-order valence-corrected chi connectivity index (χ3v) is 6.43. The zero-order valence-electron chi connectivity index (χ0n) is 19.7. The number of rotatable bonds is 9. The molecule has 0 aromatic heterocycles. The van der Waals surface area contributed by atoms with Crippen molar-refractivity contribution in [3.8, 4) is 0 Å². The van der Waals surface area contributed by atoms with Gasteiger partial charge in [0.25, 0.3) is 0 Å². The van der Waals surface area contributed by atoms with E-state index in [9.17, 15) is 5.11 Å². The number of hydrogen-bond donors (Lipinski definition) is 1. The smallest absolute Gasteiger partial charge is 0.184 e. The van der Waals surface area contributed by atoms with Crippen LogP contribution in [0, 0.1) is 0 Å². The maximum atomic E-state index is 10.6. The van der Waals surface area contributed by atoms with Crippen LogP contribution in [0.15, 0.2) is 91.0 Å². The average Bonchev–Trinajstić information content (AvgIpc) is 2.90. The van der Waals surface area contributed by atoms with Crippen LogP contribution in [0.2, 0.25) is 0 Å². The highest BCUT2D eigenvalue weighted by Gasteiger charge is 2.48. The maximum Gasteiger partial charge on any atom is 0.184 e. The predicted molar refractivity (Wildman–Crippen MR) is 128 cm³/mol. The standard InChI is InChI=1S/C28H32O6/c1-30-24-23(34-27(29)26(32-3)25(24)31-2)19-33-28(20-13-7-4-8-14-20,21-15-9-5-10-16-21)22-17-11-6-12-18-22/h4-18,23-27,29H,19H2,1-3H3/t23-,24-,25+,26+,27+/m1/s1. The van der Waals surface area contributed by atoms with Gasteiger partial charge in [0.15, 0.2) is 6.29 Å². The first kappa shape index (κ1) is 24.5. The molecule has 0 bridgehead atoms. The summed E-state index contributed by atoms with van der Waals surface area (Å²) in [6.07, 6.45) is -3.46. The van der Waals surface area contributed by atoms with Gasteiger partial charge in [0.1, 0.15) is 30.0 Å². The summed E-state index contributed by atoms with van der Waals surface area (Å²) in [4.78, 5) is 0. The second kappa shape index (κ2) is 11.2. The molecule has 1 aliphatic rings. The molecule has 0 radical (unpaired) electrons. The summed E-state index contributed by atoms with van der Waals surface area (Å²) in [5.41, 5.74) is 2.04. The average molecular weight is 465 g/mol. The summed E-state index contributed by atoms with van der Waals surface area (Å²) in [7, 11) is 4.68. The number of benzene rings is 3. The van der Waals surface area contributed by atoms with Crippen molar-refractivity contribution in [3.05, 3.63) is 108 Å². The summed E-state index contributed by atoms with van der Waals surface area (Å²) in [6.45, 7) is 0.143. The minimum absolute atomic E-state index is 0.143. The Balaban J connectivity index is 1.76. The molecule has 0 saturated carbocycles. The van der Waals surface area contributed by atoms with E-state index >= 15 is 0 Å². The van der Waals surface area contributed by atoms with Gasteiger partial charge in [-0.05, 0) is 16.7 Å². The van der Waals surface area contributed by atoms with E-state index in [1.807, 2.05) is 54.6 Å². The van der Waals surface area contributed by atoms with Crippen LogP contribution in [0.4, 0.5) is 0 Å². The molecule has 0 amide bonds. The number of ether oxygens (including phenoxy) is 5. The zero-order chi connectivity index (χ0) is 24.0. The van der Waals surface area contributed by atoms with Gasteiger partial charge in [-0.1, -0.05) is 91.0 Å². The van der Waals surface area contributed by atoms with Crippen molar-refractivity contribution in [1.82, 2.24) is 0 Å². The summed E-state index contributed by atoms with van der Waals surface area (Å²) < 4.78 is 29.6. The van der Waals surface area contributed by atoms with Crippen LogP contribution in [0.1, 0.15) is 16.7 Å². The summed E-state index contributed by atoms with van der Waals surface area (Å²) in [6, 6.07) is 30.3. The Morgan fingerprint density at radius 2 is 1.06 bits per heavy atom. The molecule has 1 aliphatic heterocycles. The van der Waals surface area contributed by atoms with E-state index in [1.54, 1.807) is 14.2 Å². The molecule has 0 unspecified atom stereocenters. The first-order valence-corrected chi connectivity index (χ1v) is 11.4. The second-order valence-corrected chi connectivity index (χ2v) is 8.26. The van der Waals surface area contributed by atoms with Gasteiger partial charge in [0.05, 0.1) is 6.61 Å². The molecule has 6 heteroatoms. The van der Waals surface area contributed by atoms with Crippen LogP contribution >= 0.6 is 0 Å². The third kappa shape index (κ3) is 4.66. The normalized spacial score (nSPS) is 25.2. The van der Waals surface area contributed by atoms with Crippen LogP contribution in [0.5, 0.6) is 0 Å². The molecule has 1 heterocycles. The van der Waals surface area contributed by atoms with E-state index in [1.165, 1.54) is 7.11 Å². The van der Waals surface area contributed by atoms with Gasteiger partial charge in [-0.2, -0.15) is 0 Å². The highest BCUT2D eigenvalue weighted by Crippen LogP contribution is 2.41. The number of methoxy groups -OCH3 is 3. The lowest BCUT2D eigenvalue weighted by molar-refractivity contribution is -0.304. The van der Waals surface area contributed by atoms with Crippen LogP contribution in [0.3, 0.4) is 0 Å². The van der Waals surface area contributed by atoms with Crippen molar-refractivity contribution in [1.29, 1.82) is 0 Å². The van der Waals surface area contributed by atoms with Gasteiger partial charge in [-0.3, -0.25) is 0 Å². The topological polar surface area (TPSA) is 66.4 Å². The van der Waals surface area contributed by atoms with Crippen LogP contribution in [-0.2, 0) is 29.3 Å². The van der Waals surface area contributed by atoms with Gasteiger partial charge in [0, 0.05) is 21.3 Å². The van der Waals surface area contributed by atoms with E-state index < -0.39 is 36.3 Å². The van der Waals surface area contributed by atoms with Crippen molar-refractivity contribution in [2.24, 2.45) is 0 Å². The minimum atomic E-state index is -1.17. The Kier molecular flexibility index (Phi) is 8.11.